The minimum Gasteiger partial charge on any atom is -0.479 e. The first kappa shape index (κ1) is 7.67. The summed E-state index contributed by atoms with van der Waals surface area (Å²) in [5.41, 5.74) is -0.850. The second-order valence-electron chi connectivity index (χ2n) is 4.11. The Bertz CT molecular complexity index is 344. The van der Waals surface area contributed by atoms with Crippen LogP contribution in [0.15, 0.2) is 0 Å². The number of fused-ring (bicyclic) bond motifs is 3. The first-order valence-electron chi connectivity index (χ1n) is 4.25. The maximum absolute atomic E-state index is 11.3. The van der Waals surface area contributed by atoms with Gasteiger partial charge in [0.2, 0.25) is 5.91 Å². The lowest BCUT2D eigenvalue weighted by Gasteiger charge is -2.39. The van der Waals surface area contributed by atoms with Gasteiger partial charge in [0.15, 0.2) is 5.54 Å². The number of carboxylic acids is 1. The van der Waals surface area contributed by atoms with E-state index >= 15 is 0 Å². The quantitative estimate of drug-likeness (QED) is 0.616. The SMILES string of the molecule is C[C@]12C[C@@]1(C(=O)O)N1C(=O)C[C@H]1S2. The van der Waals surface area contributed by atoms with E-state index in [1.807, 2.05) is 6.92 Å². The topological polar surface area (TPSA) is 57.6 Å². The zero-order valence-electron chi connectivity index (χ0n) is 7.11. The average Bonchev–Trinajstić information content (AvgIpc) is 2.50. The number of nitrogens with zero attached hydrogens (tertiary/aromatic N) is 1. The number of aliphatic carboxylic acids is 1. The molecule has 3 atom stereocenters. The molecule has 3 rings (SSSR count). The van der Waals surface area contributed by atoms with E-state index in [0.717, 1.165) is 0 Å². The molecule has 0 aromatic carbocycles. The number of carbonyl (C=O) groups is 2. The Balaban J connectivity index is 2.05. The predicted octanol–water partition coefficient (Wildman–Crippen LogP) is 0.277. The summed E-state index contributed by atoms with van der Waals surface area (Å²) in [6.45, 7) is 1.94. The first-order chi connectivity index (χ1) is 6.01. The fourth-order valence-electron chi connectivity index (χ4n) is 2.57. The van der Waals surface area contributed by atoms with Crippen molar-refractivity contribution in [2.24, 2.45) is 0 Å². The van der Waals surface area contributed by atoms with Crippen molar-refractivity contribution in [2.45, 2.75) is 35.4 Å². The van der Waals surface area contributed by atoms with Gasteiger partial charge >= 0.3 is 5.97 Å². The molecule has 0 unspecified atom stereocenters. The Morgan fingerprint density at radius 2 is 2.46 bits per heavy atom. The molecule has 2 saturated heterocycles. The second kappa shape index (κ2) is 1.73. The highest BCUT2D eigenvalue weighted by atomic mass is 32.2. The van der Waals surface area contributed by atoms with Crippen molar-refractivity contribution in [3.05, 3.63) is 0 Å². The molecule has 0 aromatic heterocycles. The lowest BCUT2D eigenvalue weighted by molar-refractivity contribution is -0.159. The van der Waals surface area contributed by atoms with E-state index in [1.165, 1.54) is 0 Å². The summed E-state index contributed by atoms with van der Waals surface area (Å²) in [7, 11) is 0. The van der Waals surface area contributed by atoms with Gasteiger partial charge in [-0.2, -0.15) is 0 Å². The van der Waals surface area contributed by atoms with Gasteiger partial charge in [0.25, 0.3) is 0 Å². The zero-order valence-corrected chi connectivity index (χ0v) is 7.93. The van der Waals surface area contributed by atoms with Crippen molar-refractivity contribution in [3.63, 3.8) is 0 Å². The number of hydrogen-bond acceptors (Lipinski definition) is 3. The zero-order chi connectivity index (χ0) is 9.43. The molecule has 2 aliphatic heterocycles. The number of rotatable bonds is 1. The number of hydrogen-bond donors (Lipinski definition) is 1. The second-order valence-corrected chi connectivity index (χ2v) is 5.79. The van der Waals surface area contributed by atoms with Crippen LogP contribution in [0.2, 0.25) is 0 Å². The van der Waals surface area contributed by atoms with Crippen LogP contribution < -0.4 is 0 Å². The molecular formula is C8H9NO3S. The minimum absolute atomic E-state index is 0.00104. The fraction of sp³-hybridized carbons (Fsp3) is 0.750. The number of carbonyl (C=O) groups excluding carboxylic acids is 1. The van der Waals surface area contributed by atoms with Crippen molar-refractivity contribution in [1.29, 1.82) is 0 Å². The average molecular weight is 199 g/mol. The summed E-state index contributed by atoms with van der Waals surface area (Å²) in [6, 6.07) is 0. The van der Waals surface area contributed by atoms with Gasteiger partial charge in [-0.05, 0) is 6.92 Å². The molecule has 0 radical (unpaired) electrons. The van der Waals surface area contributed by atoms with Crippen LogP contribution in [0.25, 0.3) is 0 Å². The minimum atomic E-state index is -0.850. The van der Waals surface area contributed by atoms with Crippen molar-refractivity contribution in [3.8, 4) is 0 Å². The van der Waals surface area contributed by atoms with Gasteiger partial charge in [0.05, 0.1) is 16.5 Å². The molecule has 1 saturated carbocycles. The summed E-state index contributed by atoms with van der Waals surface area (Å²) in [5, 5.41) is 9.25. The first-order valence-corrected chi connectivity index (χ1v) is 5.13. The molecule has 0 aromatic rings. The van der Waals surface area contributed by atoms with E-state index in [0.29, 0.717) is 12.8 Å². The van der Waals surface area contributed by atoms with E-state index in [9.17, 15) is 9.59 Å². The fourth-order valence-corrected chi connectivity index (χ4v) is 4.47. The van der Waals surface area contributed by atoms with Gasteiger partial charge in [-0.25, -0.2) is 4.79 Å². The molecule has 13 heavy (non-hydrogen) atoms. The van der Waals surface area contributed by atoms with Gasteiger partial charge in [-0.3, -0.25) is 4.79 Å². The van der Waals surface area contributed by atoms with Crippen molar-refractivity contribution < 1.29 is 14.7 Å². The molecule has 3 fully saturated rings. The predicted molar refractivity (Wildman–Crippen MR) is 46.2 cm³/mol. The molecule has 1 amide bonds. The van der Waals surface area contributed by atoms with E-state index < -0.39 is 11.5 Å². The van der Waals surface area contributed by atoms with Gasteiger partial charge < -0.3 is 10.0 Å². The molecule has 1 aliphatic carbocycles. The maximum atomic E-state index is 11.3. The Morgan fingerprint density at radius 3 is 2.92 bits per heavy atom. The molecule has 4 nitrogen and oxygen atoms in total. The number of amides is 1. The molecule has 1 N–H and O–H groups in total. The molecule has 5 heteroatoms. The van der Waals surface area contributed by atoms with Gasteiger partial charge in [-0.1, -0.05) is 0 Å². The lowest BCUT2D eigenvalue weighted by Crippen LogP contribution is -2.57. The van der Waals surface area contributed by atoms with E-state index in [2.05, 4.69) is 0 Å². The summed E-state index contributed by atoms with van der Waals surface area (Å²) in [6.07, 6.45) is 1.14. The largest absolute Gasteiger partial charge is 0.479 e. The standard InChI is InChI=1S/C8H9NO3S/c1-7-3-8(7,6(11)12)9-4(10)2-5(9)13-7/h5H,2-3H2,1H3,(H,11,12)/t5-,7+,8+/m1/s1. The molecular weight excluding hydrogens is 190 g/mol. The molecule has 2 heterocycles. The molecule has 70 valence electrons. The third-order valence-electron chi connectivity index (χ3n) is 3.41. The number of carboxylic acid groups (broad SMARTS) is 1. The van der Waals surface area contributed by atoms with Crippen LogP contribution in [0.4, 0.5) is 0 Å². The van der Waals surface area contributed by atoms with Crippen LogP contribution in [0.5, 0.6) is 0 Å². The highest BCUT2D eigenvalue weighted by Crippen LogP contribution is 2.71. The third-order valence-corrected chi connectivity index (χ3v) is 5.06. The van der Waals surface area contributed by atoms with Crippen molar-refractivity contribution in [2.75, 3.05) is 0 Å². The lowest BCUT2D eigenvalue weighted by atomic mass is 10.1. The van der Waals surface area contributed by atoms with E-state index in [4.69, 9.17) is 5.11 Å². The van der Waals surface area contributed by atoms with Gasteiger partial charge in [0.1, 0.15) is 0 Å². The van der Waals surface area contributed by atoms with Crippen LogP contribution in [0.3, 0.4) is 0 Å². The molecule has 3 aliphatic rings. The van der Waals surface area contributed by atoms with Crippen LogP contribution in [0, 0.1) is 0 Å². The Morgan fingerprint density at radius 1 is 1.77 bits per heavy atom. The van der Waals surface area contributed by atoms with Crippen LogP contribution in [-0.2, 0) is 9.59 Å². The van der Waals surface area contributed by atoms with Crippen molar-refractivity contribution in [1.82, 2.24) is 4.90 Å². The Kier molecular flexibility index (Phi) is 1.02. The highest BCUT2D eigenvalue weighted by Gasteiger charge is 2.82. The Hall–Kier alpha value is -0.710. The highest BCUT2D eigenvalue weighted by molar-refractivity contribution is 8.02. The number of thioether (sulfide) groups is 1. The molecule has 0 spiro atoms. The summed E-state index contributed by atoms with van der Waals surface area (Å²) < 4.78 is -0.213. The number of β-lactam (4-membered cyclic amide) rings is 1. The summed E-state index contributed by atoms with van der Waals surface area (Å²) in [5.74, 6) is -0.834. The van der Waals surface area contributed by atoms with E-state index in [1.54, 1.807) is 16.7 Å². The normalized spacial score (nSPS) is 51.0. The van der Waals surface area contributed by atoms with Crippen LogP contribution in [0.1, 0.15) is 19.8 Å². The van der Waals surface area contributed by atoms with Crippen LogP contribution in [-0.4, -0.2) is 37.5 Å². The molecule has 0 bridgehead atoms. The third kappa shape index (κ3) is 0.572. The van der Waals surface area contributed by atoms with Gasteiger partial charge in [0, 0.05) is 6.42 Å². The van der Waals surface area contributed by atoms with Gasteiger partial charge in [-0.15, -0.1) is 11.8 Å². The summed E-state index contributed by atoms with van der Waals surface area (Å²) in [4.78, 5) is 23.9. The van der Waals surface area contributed by atoms with E-state index in [-0.39, 0.29) is 16.0 Å². The maximum Gasteiger partial charge on any atom is 0.331 e. The summed E-state index contributed by atoms with van der Waals surface area (Å²) >= 11 is 1.65. The van der Waals surface area contributed by atoms with Crippen molar-refractivity contribution >= 4 is 23.6 Å². The Labute approximate surface area is 79.3 Å². The smallest absolute Gasteiger partial charge is 0.331 e. The monoisotopic (exact) mass is 199 g/mol. The van der Waals surface area contributed by atoms with Crippen LogP contribution >= 0.6 is 11.8 Å².